The molecule has 120 valence electrons. The van der Waals surface area contributed by atoms with E-state index < -0.39 is 11.5 Å². The number of carbonyl (C=O) groups is 2. The molecule has 1 aliphatic carbocycles. The molecule has 1 aliphatic rings. The first-order valence-corrected chi connectivity index (χ1v) is 7.73. The standard InChI is InChI=1S/C17H23NO4/c1-3-10-17(2,16(20)21)18-15(19)13-6-8-14(9-7-13)22-11-12-4-5-12/h6-9,12H,3-5,10-11H2,1-2H3,(H,18,19)(H,20,21). The van der Waals surface area contributed by atoms with Gasteiger partial charge in [0.15, 0.2) is 0 Å². The summed E-state index contributed by atoms with van der Waals surface area (Å²) in [6, 6.07) is 6.81. The Kier molecular flexibility index (Phi) is 5.06. The molecule has 0 aliphatic heterocycles. The average Bonchev–Trinajstić information content (AvgIpc) is 3.30. The molecule has 5 nitrogen and oxygen atoms in total. The van der Waals surface area contributed by atoms with Crippen molar-refractivity contribution in [3.05, 3.63) is 29.8 Å². The molecule has 0 radical (unpaired) electrons. The maximum atomic E-state index is 12.2. The molecule has 1 aromatic rings. The van der Waals surface area contributed by atoms with Crippen molar-refractivity contribution in [3.63, 3.8) is 0 Å². The first kappa shape index (κ1) is 16.3. The highest BCUT2D eigenvalue weighted by Gasteiger charge is 2.34. The summed E-state index contributed by atoms with van der Waals surface area (Å²) in [5, 5.41) is 11.9. The van der Waals surface area contributed by atoms with Crippen LogP contribution in [0.3, 0.4) is 0 Å². The van der Waals surface area contributed by atoms with Crippen molar-refractivity contribution in [2.24, 2.45) is 5.92 Å². The third-order valence-electron chi connectivity index (χ3n) is 3.91. The second-order valence-electron chi connectivity index (χ2n) is 6.12. The molecule has 2 rings (SSSR count). The fourth-order valence-electron chi connectivity index (χ4n) is 2.25. The van der Waals surface area contributed by atoms with Crippen LogP contribution in [0.15, 0.2) is 24.3 Å². The first-order valence-electron chi connectivity index (χ1n) is 7.73. The van der Waals surface area contributed by atoms with Crippen molar-refractivity contribution in [3.8, 4) is 5.75 Å². The lowest BCUT2D eigenvalue weighted by Gasteiger charge is -2.25. The quantitative estimate of drug-likeness (QED) is 0.774. The summed E-state index contributed by atoms with van der Waals surface area (Å²) in [6.07, 6.45) is 3.52. The van der Waals surface area contributed by atoms with Gasteiger partial charge in [-0.2, -0.15) is 0 Å². The number of hydrogen-bond acceptors (Lipinski definition) is 3. The minimum atomic E-state index is -1.24. The molecule has 0 heterocycles. The second-order valence-corrected chi connectivity index (χ2v) is 6.12. The van der Waals surface area contributed by atoms with E-state index in [1.807, 2.05) is 6.92 Å². The maximum Gasteiger partial charge on any atom is 0.329 e. The third-order valence-corrected chi connectivity index (χ3v) is 3.91. The molecule has 1 atom stereocenters. The molecular formula is C17H23NO4. The van der Waals surface area contributed by atoms with Crippen LogP contribution in [0.4, 0.5) is 0 Å². The fraction of sp³-hybridized carbons (Fsp3) is 0.529. The van der Waals surface area contributed by atoms with Gasteiger partial charge >= 0.3 is 5.97 Å². The van der Waals surface area contributed by atoms with Gasteiger partial charge in [-0.05, 0) is 56.4 Å². The predicted octanol–water partition coefficient (Wildman–Crippen LogP) is 2.85. The lowest BCUT2D eigenvalue weighted by atomic mass is 9.96. The SMILES string of the molecule is CCCC(C)(NC(=O)c1ccc(OCC2CC2)cc1)C(=O)O. The van der Waals surface area contributed by atoms with Crippen molar-refractivity contribution in [1.29, 1.82) is 0 Å². The molecule has 0 aromatic heterocycles. The number of carbonyl (C=O) groups excluding carboxylic acids is 1. The highest BCUT2D eigenvalue weighted by molar-refractivity contribution is 5.97. The summed E-state index contributed by atoms with van der Waals surface area (Å²) in [5.41, 5.74) is -0.810. The number of hydrogen-bond donors (Lipinski definition) is 2. The van der Waals surface area contributed by atoms with Crippen LogP contribution in [0, 0.1) is 5.92 Å². The predicted molar refractivity (Wildman–Crippen MR) is 83.1 cm³/mol. The minimum absolute atomic E-state index is 0.382. The van der Waals surface area contributed by atoms with Crippen molar-refractivity contribution in [1.82, 2.24) is 5.32 Å². The molecule has 22 heavy (non-hydrogen) atoms. The van der Waals surface area contributed by atoms with E-state index in [1.54, 1.807) is 24.3 Å². The zero-order chi connectivity index (χ0) is 16.2. The lowest BCUT2D eigenvalue weighted by molar-refractivity contribution is -0.144. The Labute approximate surface area is 130 Å². The van der Waals surface area contributed by atoms with E-state index in [4.69, 9.17) is 4.74 Å². The van der Waals surface area contributed by atoms with Crippen molar-refractivity contribution in [2.45, 2.75) is 45.1 Å². The number of nitrogens with one attached hydrogen (secondary N) is 1. The first-order chi connectivity index (χ1) is 10.4. The van der Waals surface area contributed by atoms with E-state index in [-0.39, 0.29) is 5.91 Å². The van der Waals surface area contributed by atoms with Crippen molar-refractivity contribution < 1.29 is 19.4 Å². The van der Waals surface area contributed by atoms with Crippen molar-refractivity contribution >= 4 is 11.9 Å². The zero-order valence-corrected chi connectivity index (χ0v) is 13.1. The maximum absolute atomic E-state index is 12.2. The van der Waals surface area contributed by atoms with Gasteiger partial charge in [0.1, 0.15) is 11.3 Å². The van der Waals surface area contributed by atoms with Gasteiger partial charge in [0.2, 0.25) is 0 Å². The van der Waals surface area contributed by atoms with E-state index in [9.17, 15) is 14.7 Å². The molecule has 1 amide bonds. The number of carboxylic acids is 1. The molecule has 2 N–H and O–H groups in total. The molecule has 1 unspecified atom stereocenters. The Hall–Kier alpha value is -2.04. The van der Waals surface area contributed by atoms with Crippen LogP contribution in [0.1, 0.15) is 49.9 Å². The summed E-state index contributed by atoms with van der Waals surface area (Å²) in [5.74, 6) is 0.00507. The normalized spacial score (nSPS) is 16.6. The van der Waals surface area contributed by atoms with Gasteiger partial charge in [0.05, 0.1) is 6.61 Å². The Morgan fingerprint density at radius 3 is 2.45 bits per heavy atom. The molecule has 0 spiro atoms. The van der Waals surface area contributed by atoms with Gasteiger partial charge in [0.25, 0.3) is 5.91 Å². The average molecular weight is 305 g/mol. The number of rotatable bonds is 8. The lowest BCUT2D eigenvalue weighted by Crippen LogP contribution is -2.52. The van der Waals surface area contributed by atoms with E-state index in [2.05, 4.69) is 5.32 Å². The fourth-order valence-corrected chi connectivity index (χ4v) is 2.25. The number of benzene rings is 1. The van der Waals surface area contributed by atoms with Gasteiger partial charge < -0.3 is 15.2 Å². The zero-order valence-electron chi connectivity index (χ0n) is 13.1. The van der Waals surface area contributed by atoms with Crippen molar-refractivity contribution in [2.75, 3.05) is 6.61 Å². The number of aliphatic carboxylic acids is 1. The summed E-state index contributed by atoms with van der Waals surface area (Å²) in [6.45, 7) is 4.14. The summed E-state index contributed by atoms with van der Waals surface area (Å²) in [7, 11) is 0. The van der Waals surface area contributed by atoms with Crippen LogP contribution in [0.2, 0.25) is 0 Å². The molecule has 1 saturated carbocycles. The number of ether oxygens (including phenoxy) is 1. The molecule has 0 saturated heterocycles. The Morgan fingerprint density at radius 1 is 1.32 bits per heavy atom. The summed E-state index contributed by atoms with van der Waals surface area (Å²) in [4.78, 5) is 23.6. The third kappa shape index (κ3) is 4.23. The van der Waals surface area contributed by atoms with Gasteiger partial charge in [-0.25, -0.2) is 4.79 Å². The second kappa shape index (κ2) is 6.81. The highest BCUT2D eigenvalue weighted by atomic mass is 16.5. The topological polar surface area (TPSA) is 75.6 Å². The van der Waals surface area contributed by atoms with Crippen LogP contribution in [0.25, 0.3) is 0 Å². The van der Waals surface area contributed by atoms with E-state index in [0.29, 0.717) is 24.3 Å². The monoisotopic (exact) mass is 305 g/mol. The smallest absolute Gasteiger partial charge is 0.329 e. The van der Waals surface area contributed by atoms with Gasteiger partial charge in [-0.1, -0.05) is 13.3 Å². The molecule has 1 fully saturated rings. The van der Waals surface area contributed by atoms with Crippen LogP contribution >= 0.6 is 0 Å². The van der Waals surface area contributed by atoms with Crippen LogP contribution in [-0.4, -0.2) is 29.1 Å². The van der Waals surface area contributed by atoms with Gasteiger partial charge in [-0.15, -0.1) is 0 Å². The summed E-state index contributed by atoms with van der Waals surface area (Å²) < 4.78 is 5.62. The van der Waals surface area contributed by atoms with Crippen LogP contribution in [-0.2, 0) is 4.79 Å². The number of amides is 1. The van der Waals surface area contributed by atoms with Gasteiger partial charge in [-0.3, -0.25) is 4.79 Å². The largest absolute Gasteiger partial charge is 0.493 e. The highest BCUT2D eigenvalue weighted by Crippen LogP contribution is 2.29. The number of carboxylic acid groups (broad SMARTS) is 1. The Morgan fingerprint density at radius 2 is 1.95 bits per heavy atom. The van der Waals surface area contributed by atoms with E-state index in [0.717, 1.165) is 12.4 Å². The minimum Gasteiger partial charge on any atom is -0.493 e. The molecule has 0 bridgehead atoms. The Balaban J connectivity index is 1.97. The van der Waals surface area contributed by atoms with Crippen LogP contribution < -0.4 is 10.1 Å². The molecule has 5 heteroatoms. The van der Waals surface area contributed by atoms with E-state index in [1.165, 1.54) is 19.8 Å². The van der Waals surface area contributed by atoms with Crippen LogP contribution in [0.5, 0.6) is 5.75 Å². The van der Waals surface area contributed by atoms with Gasteiger partial charge in [0, 0.05) is 5.56 Å². The van der Waals surface area contributed by atoms with E-state index >= 15 is 0 Å². The Bertz CT molecular complexity index is 536. The molecular weight excluding hydrogens is 282 g/mol. The summed E-state index contributed by atoms with van der Waals surface area (Å²) >= 11 is 0. The molecule has 1 aromatic carbocycles.